The summed E-state index contributed by atoms with van der Waals surface area (Å²) < 4.78 is 13.4. The van der Waals surface area contributed by atoms with Gasteiger partial charge in [0.1, 0.15) is 5.82 Å². The molecular formula is C12H8BrClFNOS. The summed E-state index contributed by atoms with van der Waals surface area (Å²) in [4.78, 5) is 12.8. The van der Waals surface area contributed by atoms with Gasteiger partial charge in [-0.2, -0.15) is 0 Å². The molecule has 2 aromatic rings. The lowest BCUT2D eigenvalue weighted by Gasteiger charge is -2.09. The fourth-order valence-electron chi connectivity index (χ4n) is 1.42. The highest BCUT2D eigenvalue weighted by Crippen LogP contribution is 2.31. The van der Waals surface area contributed by atoms with Crippen molar-refractivity contribution in [2.75, 3.05) is 5.32 Å². The number of carbonyl (C=O) groups excluding carboxylic acids is 1. The Balaban J connectivity index is 2.12. The quantitative estimate of drug-likeness (QED) is 0.870. The normalized spacial score (nSPS) is 10.4. The molecule has 0 bridgehead atoms. The zero-order chi connectivity index (χ0) is 13.1. The topological polar surface area (TPSA) is 29.1 Å². The summed E-state index contributed by atoms with van der Waals surface area (Å²) in [5.74, 6) is -0.644. The van der Waals surface area contributed by atoms with E-state index in [0.29, 0.717) is 10.2 Å². The highest BCUT2D eigenvalue weighted by Gasteiger charge is 2.12. The van der Waals surface area contributed by atoms with Crippen LogP contribution in [0.4, 0.5) is 10.1 Å². The Kier molecular flexibility index (Phi) is 4.37. The Morgan fingerprint density at radius 2 is 2.28 bits per heavy atom. The first kappa shape index (κ1) is 13.5. The smallest absolute Gasteiger partial charge is 0.229 e. The van der Waals surface area contributed by atoms with Gasteiger partial charge in [-0.15, -0.1) is 11.3 Å². The summed E-state index contributed by atoms with van der Waals surface area (Å²) in [6, 6.07) is 6.18. The maximum atomic E-state index is 13.0. The Labute approximate surface area is 121 Å². The van der Waals surface area contributed by atoms with Crippen LogP contribution in [-0.2, 0) is 11.2 Å². The van der Waals surface area contributed by atoms with E-state index in [1.165, 1.54) is 17.4 Å². The monoisotopic (exact) mass is 347 g/mol. The van der Waals surface area contributed by atoms with Crippen LogP contribution in [0.2, 0.25) is 5.02 Å². The minimum Gasteiger partial charge on any atom is -0.324 e. The number of benzene rings is 1. The molecule has 1 aromatic heterocycles. The number of hydrogen-bond donors (Lipinski definition) is 1. The average molecular weight is 349 g/mol. The molecule has 0 radical (unpaired) electrons. The number of halogens is 3. The third kappa shape index (κ3) is 3.31. The second-order valence-electron chi connectivity index (χ2n) is 3.55. The van der Waals surface area contributed by atoms with Gasteiger partial charge < -0.3 is 5.32 Å². The largest absolute Gasteiger partial charge is 0.324 e. The van der Waals surface area contributed by atoms with Gasteiger partial charge in [0, 0.05) is 9.35 Å². The fourth-order valence-corrected chi connectivity index (χ4v) is 3.02. The van der Waals surface area contributed by atoms with Gasteiger partial charge in [-0.25, -0.2) is 4.39 Å². The van der Waals surface area contributed by atoms with E-state index in [9.17, 15) is 9.18 Å². The van der Waals surface area contributed by atoms with Crippen molar-refractivity contribution in [2.45, 2.75) is 6.42 Å². The number of anilines is 1. The predicted molar refractivity (Wildman–Crippen MR) is 75.8 cm³/mol. The minimum atomic E-state index is -0.455. The van der Waals surface area contributed by atoms with Gasteiger partial charge in [0.05, 0.1) is 17.1 Å². The van der Waals surface area contributed by atoms with E-state index in [1.54, 1.807) is 0 Å². The first-order valence-corrected chi connectivity index (χ1v) is 7.08. The first-order chi connectivity index (χ1) is 8.56. The van der Waals surface area contributed by atoms with Crippen molar-refractivity contribution in [1.29, 1.82) is 0 Å². The zero-order valence-corrected chi connectivity index (χ0v) is 12.2. The highest BCUT2D eigenvalue weighted by molar-refractivity contribution is 9.10. The average Bonchev–Trinajstić information content (AvgIpc) is 2.76. The molecule has 18 heavy (non-hydrogen) atoms. The molecule has 0 saturated carbocycles. The van der Waals surface area contributed by atoms with Crippen molar-refractivity contribution in [1.82, 2.24) is 0 Å². The molecule has 0 aliphatic heterocycles. The Bertz CT molecular complexity index is 550. The molecule has 0 aliphatic carbocycles. The van der Waals surface area contributed by atoms with E-state index in [4.69, 9.17) is 11.6 Å². The van der Waals surface area contributed by atoms with Crippen LogP contribution in [0.5, 0.6) is 0 Å². The van der Waals surface area contributed by atoms with Gasteiger partial charge in [-0.05, 0) is 39.5 Å². The molecule has 0 aliphatic rings. The van der Waals surface area contributed by atoms with Gasteiger partial charge in [0.25, 0.3) is 0 Å². The van der Waals surface area contributed by atoms with Crippen molar-refractivity contribution in [3.63, 3.8) is 0 Å². The van der Waals surface area contributed by atoms with E-state index in [2.05, 4.69) is 21.2 Å². The van der Waals surface area contributed by atoms with Crippen LogP contribution < -0.4 is 5.32 Å². The van der Waals surface area contributed by atoms with E-state index < -0.39 is 5.82 Å². The molecule has 0 unspecified atom stereocenters. The lowest BCUT2D eigenvalue weighted by atomic mass is 10.3. The van der Waals surface area contributed by atoms with Crippen LogP contribution in [0.1, 0.15) is 4.88 Å². The van der Waals surface area contributed by atoms with Gasteiger partial charge in [-0.1, -0.05) is 17.7 Å². The Morgan fingerprint density at radius 1 is 1.50 bits per heavy atom. The molecule has 1 amide bonds. The van der Waals surface area contributed by atoms with E-state index in [1.807, 2.05) is 17.5 Å². The van der Waals surface area contributed by atoms with Crippen molar-refractivity contribution >= 4 is 50.5 Å². The van der Waals surface area contributed by atoms with Crippen LogP contribution in [0.15, 0.2) is 34.1 Å². The van der Waals surface area contributed by atoms with Gasteiger partial charge in [0.2, 0.25) is 5.91 Å². The standard InChI is InChI=1S/C12H8BrClFNOS/c13-9-4-7(15)5-10(14)12(9)16-11(17)6-8-2-1-3-18-8/h1-5H,6H2,(H,16,17). The Morgan fingerprint density at radius 3 is 2.89 bits per heavy atom. The number of nitrogens with one attached hydrogen (secondary N) is 1. The highest BCUT2D eigenvalue weighted by atomic mass is 79.9. The summed E-state index contributed by atoms with van der Waals surface area (Å²) >= 11 is 10.6. The van der Waals surface area contributed by atoms with Gasteiger partial charge in [-0.3, -0.25) is 4.79 Å². The van der Waals surface area contributed by atoms with Crippen molar-refractivity contribution in [3.05, 3.63) is 49.8 Å². The number of hydrogen-bond acceptors (Lipinski definition) is 2. The maximum absolute atomic E-state index is 13.0. The van der Waals surface area contributed by atoms with Crippen molar-refractivity contribution < 1.29 is 9.18 Å². The predicted octanol–water partition coefficient (Wildman–Crippen LogP) is 4.48. The molecule has 1 heterocycles. The van der Waals surface area contributed by atoms with E-state index >= 15 is 0 Å². The summed E-state index contributed by atoms with van der Waals surface area (Å²) in [5.41, 5.74) is 0.389. The molecule has 0 fully saturated rings. The molecule has 6 heteroatoms. The van der Waals surface area contributed by atoms with Crippen molar-refractivity contribution in [2.24, 2.45) is 0 Å². The lowest BCUT2D eigenvalue weighted by Crippen LogP contribution is -2.14. The van der Waals surface area contributed by atoms with Crippen LogP contribution in [0.25, 0.3) is 0 Å². The fraction of sp³-hybridized carbons (Fsp3) is 0.0833. The number of rotatable bonds is 3. The molecule has 0 spiro atoms. The van der Waals surface area contributed by atoms with Crippen LogP contribution >= 0.6 is 38.9 Å². The minimum absolute atomic E-state index is 0.168. The van der Waals surface area contributed by atoms with Gasteiger partial charge in [0.15, 0.2) is 0 Å². The molecular weight excluding hydrogens is 341 g/mol. The summed E-state index contributed by atoms with van der Waals surface area (Å²) in [6.45, 7) is 0. The molecule has 0 atom stereocenters. The van der Waals surface area contributed by atoms with Crippen LogP contribution in [0, 0.1) is 5.82 Å². The molecule has 2 rings (SSSR count). The van der Waals surface area contributed by atoms with Gasteiger partial charge >= 0.3 is 0 Å². The van der Waals surface area contributed by atoms with Crippen LogP contribution in [-0.4, -0.2) is 5.91 Å². The summed E-state index contributed by atoms with van der Waals surface area (Å²) in [5, 5.41) is 4.74. The van der Waals surface area contributed by atoms with E-state index in [0.717, 1.165) is 10.9 Å². The van der Waals surface area contributed by atoms with Crippen LogP contribution in [0.3, 0.4) is 0 Å². The molecule has 2 nitrogen and oxygen atoms in total. The number of carbonyl (C=O) groups is 1. The number of amides is 1. The SMILES string of the molecule is O=C(Cc1cccs1)Nc1c(Cl)cc(F)cc1Br. The molecule has 1 aromatic carbocycles. The summed E-state index contributed by atoms with van der Waals surface area (Å²) in [7, 11) is 0. The molecule has 94 valence electrons. The maximum Gasteiger partial charge on any atom is 0.229 e. The second kappa shape index (κ2) is 5.82. The Hall–Kier alpha value is -0.910. The van der Waals surface area contributed by atoms with E-state index in [-0.39, 0.29) is 17.4 Å². The molecule has 1 N–H and O–H groups in total. The lowest BCUT2D eigenvalue weighted by molar-refractivity contribution is -0.115. The summed E-state index contributed by atoms with van der Waals surface area (Å²) in [6.07, 6.45) is 0.276. The number of thiophene rings is 1. The van der Waals surface area contributed by atoms with Crippen molar-refractivity contribution in [3.8, 4) is 0 Å². The first-order valence-electron chi connectivity index (χ1n) is 5.03. The molecule has 0 saturated heterocycles. The second-order valence-corrected chi connectivity index (χ2v) is 5.84. The zero-order valence-electron chi connectivity index (χ0n) is 9.04. The third-order valence-corrected chi connectivity index (χ3v) is 3.99. The third-order valence-electron chi connectivity index (χ3n) is 2.19.